The smallest absolute Gasteiger partial charge is 0.251 e. The molecule has 2 heterocycles. The summed E-state index contributed by atoms with van der Waals surface area (Å²) in [4.78, 5) is 26.0. The van der Waals surface area contributed by atoms with Gasteiger partial charge in [0.2, 0.25) is 0 Å². The summed E-state index contributed by atoms with van der Waals surface area (Å²) in [6.07, 6.45) is 4.89. The fourth-order valence-corrected chi connectivity index (χ4v) is 4.68. The number of likely N-dealkylation sites (tertiary alicyclic amines) is 1. The molecule has 1 saturated heterocycles. The average Bonchev–Trinajstić information content (AvgIpc) is 2.78. The number of hydrogen-bond donors (Lipinski definition) is 1. The minimum absolute atomic E-state index is 0.0219. The maximum absolute atomic E-state index is 12.6. The number of piperidine rings is 1. The van der Waals surface area contributed by atoms with Crippen molar-refractivity contribution in [3.8, 4) is 0 Å². The van der Waals surface area contributed by atoms with Crippen molar-refractivity contribution in [3.05, 3.63) is 46.6 Å². The zero-order chi connectivity index (χ0) is 22.1. The lowest BCUT2D eigenvalue weighted by atomic mass is 10.1. The van der Waals surface area contributed by atoms with Crippen molar-refractivity contribution in [1.82, 2.24) is 20.2 Å². The van der Waals surface area contributed by atoms with E-state index in [9.17, 15) is 4.79 Å². The highest BCUT2D eigenvalue weighted by atomic mass is 35.5. The molecule has 1 aliphatic heterocycles. The van der Waals surface area contributed by atoms with E-state index in [-0.39, 0.29) is 5.91 Å². The standard InChI is InChI=1S/C23H32ClN5OS/c1-3-11-28(2)21-16-20(24)26-23(27-21)31-17-18-8-7-9-19(15-18)22(30)25-10-14-29-12-5-4-6-13-29/h7-9,15-16H,3-6,10-14,17H2,1-2H3,(H,25,30). The lowest BCUT2D eigenvalue weighted by Crippen LogP contribution is -2.37. The third kappa shape index (κ3) is 7.66. The molecule has 0 unspecified atom stereocenters. The van der Waals surface area contributed by atoms with Crippen LogP contribution >= 0.6 is 23.4 Å². The Hall–Kier alpha value is -1.83. The Balaban J connectivity index is 1.53. The van der Waals surface area contributed by atoms with E-state index in [4.69, 9.17) is 11.6 Å². The molecule has 0 radical (unpaired) electrons. The fourth-order valence-electron chi connectivity index (χ4n) is 3.66. The number of carbonyl (C=O) groups excluding carboxylic acids is 1. The summed E-state index contributed by atoms with van der Waals surface area (Å²) >= 11 is 7.72. The zero-order valence-corrected chi connectivity index (χ0v) is 20.0. The van der Waals surface area contributed by atoms with Crippen LogP contribution in [-0.4, -0.2) is 60.5 Å². The van der Waals surface area contributed by atoms with Gasteiger partial charge in [0.25, 0.3) is 5.91 Å². The van der Waals surface area contributed by atoms with Gasteiger partial charge in [-0.25, -0.2) is 9.97 Å². The van der Waals surface area contributed by atoms with Gasteiger partial charge in [-0.05, 0) is 50.0 Å². The monoisotopic (exact) mass is 461 g/mol. The molecule has 168 valence electrons. The van der Waals surface area contributed by atoms with Crippen molar-refractivity contribution < 1.29 is 4.79 Å². The first-order valence-corrected chi connectivity index (χ1v) is 12.4. The second-order valence-electron chi connectivity index (χ2n) is 7.90. The van der Waals surface area contributed by atoms with Gasteiger partial charge in [0, 0.05) is 44.1 Å². The number of thioether (sulfide) groups is 1. The van der Waals surface area contributed by atoms with Crippen molar-refractivity contribution in [2.75, 3.05) is 44.7 Å². The van der Waals surface area contributed by atoms with E-state index in [0.29, 0.717) is 28.2 Å². The second-order valence-corrected chi connectivity index (χ2v) is 9.23. The van der Waals surface area contributed by atoms with Gasteiger partial charge in [-0.2, -0.15) is 0 Å². The molecule has 0 aliphatic carbocycles. The van der Waals surface area contributed by atoms with Gasteiger partial charge in [0.15, 0.2) is 5.16 Å². The van der Waals surface area contributed by atoms with E-state index in [2.05, 4.69) is 32.0 Å². The number of anilines is 1. The molecule has 1 amide bonds. The van der Waals surface area contributed by atoms with Gasteiger partial charge in [0.1, 0.15) is 11.0 Å². The Bertz CT molecular complexity index is 860. The van der Waals surface area contributed by atoms with Crippen LogP contribution in [0.15, 0.2) is 35.5 Å². The minimum Gasteiger partial charge on any atom is -0.360 e. The van der Waals surface area contributed by atoms with E-state index < -0.39 is 0 Å². The first-order valence-electron chi connectivity index (χ1n) is 11.0. The highest BCUT2D eigenvalue weighted by molar-refractivity contribution is 7.98. The van der Waals surface area contributed by atoms with E-state index >= 15 is 0 Å². The average molecular weight is 462 g/mol. The predicted octanol–water partition coefficient (Wildman–Crippen LogP) is 4.48. The van der Waals surface area contributed by atoms with Crippen LogP contribution in [0.5, 0.6) is 0 Å². The molecule has 2 aromatic rings. The fraction of sp³-hybridized carbons (Fsp3) is 0.522. The Morgan fingerprint density at radius 1 is 1.23 bits per heavy atom. The number of halogens is 1. The molecule has 1 N–H and O–H groups in total. The van der Waals surface area contributed by atoms with Gasteiger partial charge in [-0.15, -0.1) is 0 Å². The molecule has 0 bridgehead atoms. The van der Waals surface area contributed by atoms with Gasteiger partial charge >= 0.3 is 0 Å². The van der Waals surface area contributed by atoms with Crippen molar-refractivity contribution in [1.29, 1.82) is 0 Å². The molecule has 1 aliphatic rings. The molecule has 1 aromatic heterocycles. The Labute approximate surface area is 194 Å². The number of hydrogen-bond acceptors (Lipinski definition) is 6. The van der Waals surface area contributed by atoms with Crippen LogP contribution in [-0.2, 0) is 5.75 Å². The van der Waals surface area contributed by atoms with E-state index in [1.165, 1.54) is 31.0 Å². The molecule has 6 nitrogen and oxygen atoms in total. The third-order valence-corrected chi connectivity index (χ3v) is 6.44. The molecule has 1 aromatic carbocycles. The van der Waals surface area contributed by atoms with Crippen LogP contribution in [0.2, 0.25) is 5.15 Å². The van der Waals surface area contributed by atoms with E-state index in [1.807, 2.05) is 31.3 Å². The molecule has 0 saturated carbocycles. The van der Waals surface area contributed by atoms with Crippen LogP contribution in [0.3, 0.4) is 0 Å². The number of nitrogens with zero attached hydrogens (tertiary/aromatic N) is 4. The number of aromatic nitrogens is 2. The van der Waals surface area contributed by atoms with E-state index in [1.54, 1.807) is 6.07 Å². The number of nitrogens with one attached hydrogen (secondary N) is 1. The van der Waals surface area contributed by atoms with Gasteiger partial charge in [-0.3, -0.25) is 4.79 Å². The lowest BCUT2D eigenvalue weighted by molar-refractivity contribution is 0.0946. The predicted molar refractivity (Wildman–Crippen MR) is 129 cm³/mol. The zero-order valence-electron chi connectivity index (χ0n) is 18.4. The number of carbonyl (C=O) groups is 1. The number of amides is 1. The lowest BCUT2D eigenvalue weighted by Gasteiger charge is -2.26. The Morgan fingerprint density at radius 2 is 2.03 bits per heavy atom. The highest BCUT2D eigenvalue weighted by Gasteiger charge is 2.12. The molecular formula is C23H32ClN5OS. The SMILES string of the molecule is CCCN(C)c1cc(Cl)nc(SCc2cccc(C(=O)NCCN3CCCCC3)c2)n1. The molecule has 3 rings (SSSR count). The topological polar surface area (TPSA) is 61.4 Å². The van der Waals surface area contributed by atoms with E-state index in [0.717, 1.165) is 44.0 Å². The largest absolute Gasteiger partial charge is 0.360 e. The summed E-state index contributed by atoms with van der Waals surface area (Å²) in [6, 6.07) is 9.53. The van der Waals surface area contributed by atoms with Crippen LogP contribution in [0.1, 0.15) is 48.5 Å². The number of benzene rings is 1. The minimum atomic E-state index is -0.0219. The normalized spacial score (nSPS) is 14.4. The van der Waals surface area contributed by atoms with Crippen molar-refractivity contribution >= 4 is 35.1 Å². The van der Waals surface area contributed by atoms with Gasteiger partial charge in [0.05, 0.1) is 0 Å². The molecular weight excluding hydrogens is 430 g/mol. The second kappa shape index (κ2) is 12.3. The molecule has 0 spiro atoms. The summed E-state index contributed by atoms with van der Waals surface area (Å²) in [5, 5.41) is 4.13. The molecule has 31 heavy (non-hydrogen) atoms. The molecule has 8 heteroatoms. The quantitative estimate of drug-likeness (QED) is 0.319. The Morgan fingerprint density at radius 3 is 2.81 bits per heavy atom. The third-order valence-electron chi connectivity index (χ3n) is 5.33. The van der Waals surface area contributed by atoms with Gasteiger partial charge < -0.3 is 15.1 Å². The first-order chi connectivity index (χ1) is 15.0. The van der Waals surface area contributed by atoms with Crippen molar-refractivity contribution in [2.45, 2.75) is 43.5 Å². The summed E-state index contributed by atoms with van der Waals surface area (Å²) < 4.78 is 0. The van der Waals surface area contributed by atoms with Crippen molar-refractivity contribution in [3.63, 3.8) is 0 Å². The van der Waals surface area contributed by atoms with Crippen LogP contribution in [0, 0.1) is 0 Å². The maximum Gasteiger partial charge on any atom is 0.251 e. The Kier molecular flexibility index (Phi) is 9.43. The first kappa shape index (κ1) is 23.8. The maximum atomic E-state index is 12.6. The van der Waals surface area contributed by atoms with Crippen LogP contribution < -0.4 is 10.2 Å². The van der Waals surface area contributed by atoms with Crippen LogP contribution in [0.25, 0.3) is 0 Å². The van der Waals surface area contributed by atoms with Gasteiger partial charge in [-0.1, -0.05) is 48.8 Å². The summed E-state index contributed by atoms with van der Waals surface area (Å²) in [5.41, 5.74) is 1.74. The summed E-state index contributed by atoms with van der Waals surface area (Å²) in [6.45, 7) is 6.93. The number of rotatable bonds is 10. The summed E-state index contributed by atoms with van der Waals surface area (Å²) in [7, 11) is 2.00. The summed E-state index contributed by atoms with van der Waals surface area (Å²) in [5.74, 6) is 1.48. The molecule has 1 fully saturated rings. The van der Waals surface area contributed by atoms with Crippen LogP contribution in [0.4, 0.5) is 5.82 Å². The van der Waals surface area contributed by atoms with Crippen molar-refractivity contribution in [2.24, 2.45) is 0 Å². The highest BCUT2D eigenvalue weighted by Crippen LogP contribution is 2.24. The molecule has 0 atom stereocenters.